The Kier molecular flexibility index (Phi) is 3.71. The van der Waals surface area contributed by atoms with E-state index in [2.05, 4.69) is 34.7 Å². The summed E-state index contributed by atoms with van der Waals surface area (Å²) in [5, 5.41) is 15.2. The number of tetrazole rings is 1. The molecule has 1 aliphatic heterocycles. The average Bonchev–Trinajstić information content (AvgIpc) is 3.06. The Bertz CT molecular complexity index is 915. The molecule has 1 atom stereocenters. The number of fused-ring (bicyclic) bond motifs is 1. The van der Waals surface area contributed by atoms with Gasteiger partial charge in [-0.1, -0.05) is 18.9 Å². The van der Waals surface area contributed by atoms with E-state index >= 15 is 0 Å². The third-order valence-corrected chi connectivity index (χ3v) is 4.93. The second-order valence-corrected chi connectivity index (χ2v) is 7.42. The minimum atomic E-state index is -0.430. The molecule has 0 radical (unpaired) electrons. The molecule has 1 N–H and O–H groups in total. The number of ketones is 1. The van der Waals surface area contributed by atoms with E-state index in [9.17, 15) is 4.79 Å². The first-order valence-electron chi connectivity index (χ1n) is 8.46. The molecule has 8 heteroatoms. The van der Waals surface area contributed by atoms with E-state index in [1.807, 2.05) is 12.1 Å². The van der Waals surface area contributed by atoms with Crippen LogP contribution in [-0.4, -0.2) is 40.2 Å². The van der Waals surface area contributed by atoms with Crippen LogP contribution in [0, 0.1) is 5.41 Å². The highest BCUT2D eigenvalue weighted by Crippen LogP contribution is 2.46. The molecule has 8 nitrogen and oxygen atoms in total. The molecule has 1 aliphatic carbocycles. The van der Waals surface area contributed by atoms with Crippen molar-refractivity contribution in [3.63, 3.8) is 0 Å². The van der Waals surface area contributed by atoms with Crippen LogP contribution in [0.2, 0.25) is 0 Å². The summed E-state index contributed by atoms with van der Waals surface area (Å²) in [5.41, 5.74) is 2.31. The van der Waals surface area contributed by atoms with Gasteiger partial charge in [-0.2, -0.15) is 4.68 Å². The number of ether oxygens (including phenoxy) is 2. The number of aromatic nitrogens is 4. The summed E-state index contributed by atoms with van der Waals surface area (Å²) < 4.78 is 12.5. The van der Waals surface area contributed by atoms with E-state index in [0.717, 1.165) is 17.7 Å². The summed E-state index contributed by atoms with van der Waals surface area (Å²) in [7, 11) is 3.20. The van der Waals surface area contributed by atoms with Crippen molar-refractivity contribution in [2.45, 2.75) is 32.7 Å². The van der Waals surface area contributed by atoms with Crippen molar-refractivity contribution in [1.29, 1.82) is 0 Å². The van der Waals surface area contributed by atoms with E-state index in [1.54, 1.807) is 25.0 Å². The molecule has 26 heavy (non-hydrogen) atoms. The highest BCUT2D eigenvalue weighted by molar-refractivity contribution is 6.00. The maximum atomic E-state index is 13.0. The zero-order valence-corrected chi connectivity index (χ0v) is 15.2. The van der Waals surface area contributed by atoms with Crippen molar-refractivity contribution < 1.29 is 14.3 Å². The molecule has 0 amide bonds. The molecular formula is C18H21N5O3. The summed E-state index contributed by atoms with van der Waals surface area (Å²) in [4.78, 5) is 13.0. The molecule has 0 saturated heterocycles. The van der Waals surface area contributed by atoms with Gasteiger partial charge in [-0.25, -0.2) is 0 Å². The Balaban J connectivity index is 1.92. The van der Waals surface area contributed by atoms with Crippen molar-refractivity contribution in [3.8, 4) is 11.5 Å². The number of nitrogens with zero attached hydrogens (tertiary/aromatic N) is 4. The maximum absolute atomic E-state index is 13.0. The molecule has 1 unspecified atom stereocenters. The molecule has 0 bridgehead atoms. The SMILES string of the molecule is COc1ccc(C2C3=C(CC(C)(C)CC3=O)Nc3nnnn32)c(OC)c1. The van der Waals surface area contributed by atoms with Gasteiger partial charge in [0.05, 0.1) is 14.2 Å². The molecule has 2 heterocycles. The number of anilines is 1. The topological polar surface area (TPSA) is 91.2 Å². The Hall–Kier alpha value is -2.90. The number of hydrogen-bond donors (Lipinski definition) is 1. The molecule has 0 spiro atoms. The third-order valence-electron chi connectivity index (χ3n) is 4.93. The lowest BCUT2D eigenvalue weighted by molar-refractivity contribution is -0.118. The second-order valence-electron chi connectivity index (χ2n) is 7.42. The number of methoxy groups -OCH3 is 2. The predicted molar refractivity (Wildman–Crippen MR) is 94.2 cm³/mol. The monoisotopic (exact) mass is 355 g/mol. The van der Waals surface area contributed by atoms with Crippen LogP contribution in [0.3, 0.4) is 0 Å². The predicted octanol–water partition coefficient (Wildman–Crippen LogP) is 2.35. The number of Topliss-reactive ketones (excluding diaryl/α,β-unsaturated/α-hetero) is 1. The molecular weight excluding hydrogens is 334 g/mol. The quantitative estimate of drug-likeness (QED) is 0.903. The molecule has 4 rings (SSSR count). The van der Waals surface area contributed by atoms with Crippen LogP contribution in [0.5, 0.6) is 11.5 Å². The van der Waals surface area contributed by atoms with Crippen LogP contribution in [0.25, 0.3) is 0 Å². The average molecular weight is 355 g/mol. The van der Waals surface area contributed by atoms with Gasteiger partial charge in [-0.15, -0.1) is 0 Å². The summed E-state index contributed by atoms with van der Waals surface area (Å²) >= 11 is 0. The summed E-state index contributed by atoms with van der Waals surface area (Å²) in [5.74, 6) is 1.94. The van der Waals surface area contributed by atoms with Gasteiger partial charge in [0.1, 0.15) is 17.5 Å². The molecule has 2 aromatic rings. The van der Waals surface area contributed by atoms with E-state index < -0.39 is 6.04 Å². The van der Waals surface area contributed by atoms with Crippen molar-refractivity contribution in [3.05, 3.63) is 35.0 Å². The van der Waals surface area contributed by atoms with Gasteiger partial charge in [0.25, 0.3) is 0 Å². The molecule has 0 saturated carbocycles. The van der Waals surface area contributed by atoms with Crippen LogP contribution in [0.1, 0.15) is 38.3 Å². The first-order valence-corrected chi connectivity index (χ1v) is 8.46. The van der Waals surface area contributed by atoms with Crippen molar-refractivity contribution in [1.82, 2.24) is 20.2 Å². The zero-order valence-electron chi connectivity index (χ0n) is 15.2. The van der Waals surface area contributed by atoms with Crippen LogP contribution in [0.4, 0.5) is 5.95 Å². The lowest BCUT2D eigenvalue weighted by Gasteiger charge is -2.38. The van der Waals surface area contributed by atoms with E-state index in [0.29, 0.717) is 29.4 Å². The van der Waals surface area contributed by atoms with E-state index in [4.69, 9.17) is 9.47 Å². The highest BCUT2D eigenvalue weighted by Gasteiger charge is 2.42. The lowest BCUT2D eigenvalue weighted by Crippen LogP contribution is -2.36. The first kappa shape index (κ1) is 16.6. The minimum Gasteiger partial charge on any atom is -0.497 e. The number of nitrogens with one attached hydrogen (secondary N) is 1. The fourth-order valence-electron chi connectivity index (χ4n) is 3.80. The zero-order chi connectivity index (χ0) is 18.5. The number of rotatable bonds is 3. The number of carbonyl (C=O) groups is 1. The Morgan fingerprint density at radius 2 is 2.04 bits per heavy atom. The van der Waals surface area contributed by atoms with Crippen molar-refractivity contribution >= 4 is 11.7 Å². The number of hydrogen-bond acceptors (Lipinski definition) is 7. The van der Waals surface area contributed by atoms with Crippen molar-refractivity contribution in [2.75, 3.05) is 19.5 Å². The summed E-state index contributed by atoms with van der Waals surface area (Å²) in [6.45, 7) is 4.19. The van der Waals surface area contributed by atoms with Crippen molar-refractivity contribution in [2.24, 2.45) is 5.41 Å². The molecule has 1 aromatic heterocycles. The smallest absolute Gasteiger partial charge is 0.248 e. The summed E-state index contributed by atoms with van der Waals surface area (Å²) in [6.07, 6.45) is 1.25. The van der Waals surface area contributed by atoms with Crippen LogP contribution < -0.4 is 14.8 Å². The van der Waals surface area contributed by atoms with Gasteiger partial charge in [-0.3, -0.25) is 4.79 Å². The van der Waals surface area contributed by atoms with Gasteiger partial charge in [-0.05, 0) is 34.4 Å². The number of benzene rings is 1. The van der Waals surface area contributed by atoms with Gasteiger partial charge in [0.2, 0.25) is 5.95 Å². The molecule has 2 aliphatic rings. The fraction of sp³-hybridized carbons (Fsp3) is 0.444. The van der Waals surface area contributed by atoms with Gasteiger partial charge >= 0.3 is 0 Å². The van der Waals surface area contributed by atoms with E-state index in [1.165, 1.54) is 0 Å². The Morgan fingerprint density at radius 3 is 2.77 bits per heavy atom. The maximum Gasteiger partial charge on any atom is 0.248 e. The van der Waals surface area contributed by atoms with Gasteiger partial charge in [0, 0.05) is 29.3 Å². The number of carbonyl (C=O) groups excluding carboxylic acids is 1. The highest BCUT2D eigenvalue weighted by atomic mass is 16.5. The Labute approximate surface area is 151 Å². The fourth-order valence-corrected chi connectivity index (χ4v) is 3.80. The summed E-state index contributed by atoms with van der Waals surface area (Å²) in [6, 6.07) is 5.12. The third kappa shape index (κ3) is 2.53. The van der Waals surface area contributed by atoms with Crippen LogP contribution in [-0.2, 0) is 4.79 Å². The second kappa shape index (κ2) is 5.82. The largest absolute Gasteiger partial charge is 0.497 e. The first-order chi connectivity index (χ1) is 12.4. The lowest BCUT2D eigenvalue weighted by atomic mass is 9.73. The van der Waals surface area contributed by atoms with E-state index in [-0.39, 0.29) is 11.2 Å². The minimum absolute atomic E-state index is 0.104. The number of allylic oxidation sites excluding steroid dienone is 2. The van der Waals surface area contributed by atoms with Gasteiger partial charge < -0.3 is 14.8 Å². The molecule has 1 aromatic carbocycles. The molecule has 136 valence electrons. The van der Waals surface area contributed by atoms with Crippen LogP contribution >= 0.6 is 0 Å². The standard InChI is InChI=1S/C18H21N5O3/c1-18(2)8-12-15(13(24)9-18)16(23-17(19-12)20-21-22-23)11-6-5-10(25-3)7-14(11)26-4/h5-7,16H,8-9H2,1-4H3,(H,19,20,22). The molecule has 0 fully saturated rings. The Morgan fingerprint density at radius 1 is 1.23 bits per heavy atom. The normalized spacial score (nSPS) is 20.9. The van der Waals surface area contributed by atoms with Crippen LogP contribution in [0.15, 0.2) is 29.5 Å². The van der Waals surface area contributed by atoms with Gasteiger partial charge in [0.15, 0.2) is 5.78 Å².